The topological polar surface area (TPSA) is 64.8 Å². The fourth-order valence-electron chi connectivity index (χ4n) is 2.37. The zero-order chi connectivity index (χ0) is 12.0. The van der Waals surface area contributed by atoms with Crippen molar-refractivity contribution in [1.29, 1.82) is 0 Å². The van der Waals surface area contributed by atoms with Gasteiger partial charge in [-0.25, -0.2) is 0 Å². The molecule has 90 valence electrons. The van der Waals surface area contributed by atoms with Crippen LogP contribution in [0, 0.1) is 0 Å². The fourth-order valence-corrected chi connectivity index (χ4v) is 2.37. The number of hydrogen-bond acceptors (Lipinski definition) is 4. The summed E-state index contributed by atoms with van der Waals surface area (Å²) in [6.45, 7) is 1.04. The summed E-state index contributed by atoms with van der Waals surface area (Å²) < 4.78 is 11.2. The fraction of sp³-hybridized carbons (Fsp3) is 0.417. The highest BCUT2D eigenvalue weighted by atomic mass is 16.7. The molecule has 1 amide bonds. The van der Waals surface area contributed by atoms with E-state index in [9.17, 15) is 4.79 Å². The quantitative estimate of drug-likeness (QED) is 0.675. The van der Waals surface area contributed by atoms with Crippen molar-refractivity contribution in [2.24, 2.45) is 0 Å². The summed E-state index contributed by atoms with van der Waals surface area (Å²) in [7, 11) is 1.72. The third kappa shape index (κ3) is 1.29. The van der Waals surface area contributed by atoms with Crippen molar-refractivity contribution in [3.63, 3.8) is 0 Å². The normalized spacial score (nSPS) is 21.9. The van der Waals surface area contributed by atoms with Crippen LogP contribution in [0.5, 0.6) is 0 Å². The molecular weight excluding hydrogens is 220 g/mol. The minimum Gasteiger partial charge on any atom is -0.399 e. The van der Waals surface area contributed by atoms with E-state index < -0.39 is 5.79 Å². The Hall–Kier alpha value is -1.59. The van der Waals surface area contributed by atoms with Crippen molar-refractivity contribution in [3.05, 3.63) is 23.8 Å². The number of nitrogen functional groups attached to an aromatic ring is 1. The van der Waals surface area contributed by atoms with Crippen LogP contribution in [0.4, 0.5) is 11.4 Å². The molecule has 1 spiro atoms. The Bertz CT molecular complexity index is 481. The molecule has 1 saturated heterocycles. The van der Waals surface area contributed by atoms with Gasteiger partial charge < -0.3 is 20.1 Å². The smallest absolute Gasteiger partial charge is 0.292 e. The predicted octanol–water partition coefficient (Wildman–Crippen LogP) is 0.835. The lowest BCUT2D eigenvalue weighted by Gasteiger charge is -2.32. The van der Waals surface area contributed by atoms with Crippen LogP contribution in [-0.4, -0.2) is 26.2 Å². The highest BCUT2D eigenvalue weighted by Crippen LogP contribution is 2.45. The molecule has 17 heavy (non-hydrogen) atoms. The number of nitrogens with two attached hydrogens (primary N) is 1. The first kappa shape index (κ1) is 10.6. The predicted molar refractivity (Wildman–Crippen MR) is 62.5 cm³/mol. The summed E-state index contributed by atoms with van der Waals surface area (Å²) in [5.41, 5.74) is 7.88. The van der Waals surface area contributed by atoms with E-state index in [2.05, 4.69) is 0 Å². The molecule has 5 heteroatoms. The number of likely N-dealkylation sites (N-methyl/N-ethyl adjacent to an activating group) is 1. The number of fused-ring (bicyclic) bond motifs is 2. The second-order valence-electron chi connectivity index (χ2n) is 4.31. The van der Waals surface area contributed by atoms with Gasteiger partial charge in [0.25, 0.3) is 11.7 Å². The zero-order valence-corrected chi connectivity index (χ0v) is 9.60. The lowest BCUT2D eigenvalue weighted by atomic mass is 10.1. The van der Waals surface area contributed by atoms with Gasteiger partial charge in [-0.15, -0.1) is 0 Å². The summed E-state index contributed by atoms with van der Waals surface area (Å²) >= 11 is 0. The summed E-state index contributed by atoms with van der Waals surface area (Å²) in [4.78, 5) is 13.8. The second-order valence-corrected chi connectivity index (χ2v) is 4.31. The highest BCUT2D eigenvalue weighted by Gasteiger charge is 2.53. The SMILES string of the molecule is CN1C(=O)C2(OCCCO2)c2cc(N)ccc21. The molecule has 3 rings (SSSR count). The van der Waals surface area contributed by atoms with Crippen LogP contribution in [0.2, 0.25) is 0 Å². The van der Waals surface area contributed by atoms with E-state index in [1.54, 1.807) is 24.1 Å². The van der Waals surface area contributed by atoms with Crippen LogP contribution < -0.4 is 10.6 Å². The van der Waals surface area contributed by atoms with Gasteiger partial charge in [0.15, 0.2) is 0 Å². The molecule has 2 N–H and O–H groups in total. The average molecular weight is 234 g/mol. The Kier molecular flexibility index (Phi) is 2.14. The summed E-state index contributed by atoms with van der Waals surface area (Å²) in [5, 5.41) is 0. The Morgan fingerprint density at radius 1 is 1.35 bits per heavy atom. The Balaban J connectivity index is 2.18. The van der Waals surface area contributed by atoms with E-state index in [1.807, 2.05) is 6.07 Å². The monoisotopic (exact) mass is 234 g/mol. The molecule has 0 radical (unpaired) electrons. The Morgan fingerprint density at radius 2 is 2.06 bits per heavy atom. The standard InChI is InChI=1S/C12H14N2O3/c1-14-10-4-3-8(13)7-9(10)12(11(14)15)16-5-2-6-17-12/h3-4,7H,2,5-6,13H2,1H3. The summed E-state index contributed by atoms with van der Waals surface area (Å²) in [6.07, 6.45) is 0.802. The van der Waals surface area contributed by atoms with Crippen molar-refractivity contribution in [2.45, 2.75) is 12.2 Å². The molecule has 2 aliphatic rings. The number of carbonyl (C=O) groups excluding carboxylic acids is 1. The molecule has 1 aromatic rings. The van der Waals surface area contributed by atoms with Gasteiger partial charge >= 0.3 is 0 Å². The maximum Gasteiger partial charge on any atom is 0.292 e. The van der Waals surface area contributed by atoms with Crippen LogP contribution in [-0.2, 0) is 20.1 Å². The number of nitrogens with zero attached hydrogens (tertiary/aromatic N) is 1. The molecule has 5 nitrogen and oxygen atoms in total. The third-order valence-electron chi connectivity index (χ3n) is 3.22. The van der Waals surface area contributed by atoms with E-state index in [-0.39, 0.29) is 5.91 Å². The lowest BCUT2D eigenvalue weighted by Crippen LogP contribution is -2.46. The average Bonchev–Trinajstić information content (AvgIpc) is 2.54. The van der Waals surface area contributed by atoms with Gasteiger partial charge in [0, 0.05) is 18.3 Å². The molecule has 0 aromatic heterocycles. The van der Waals surface area contributed by atoms with Crippen LogP contribution >= 0.6 is 0 Å². The van der Waals surface area contributed by atoms with E-state index in [1.165, 1.54) is 0 Å². The largest absolute Gasteiger partial charge is 0.399 e. The van der Waals surface area contributed by atoms with Crippen LogP contribution in [0.15, 0.2) is 18.2 Å². The molecule has 2 aliphatic heterocycles. The van der Waals surface area contributed by atoms with Gasteiger partial charge in [0.2, 0.25) is 0 Å². The Morgan fingerprint density at radius 3 is 2.76 bits per heavy atom. The van der Waals surface area contributed by atoms with Crippen LogP contribution in [0.3, 0.4) is 0 Å². The van der Waals surface area contributed by atoms with E-state index in [0.717, 1.165) is 12.1 Å². The zero-order valence-electron chi connectivity index (χ0n) is 9.60. The third-order valence-corrected chi connectivity index (χ3v) is 3.22. The first-order valence-corrected chi connectivity index (χ1v) is 5.61. The highest BCUT2D eigenvalue weighted by molar-refractivity contribution is 6.06. The van der Waals surface area contributed by atoms with Gasteiger partial charge in [-0.05, 0) is 24.6 Å². The first-order chi connectivity index (χ1) is 8.15. The molecule has 1 fully saturated rings. The number of ether oxygens (including phenoxy) is 2. The number of benzene rings is 1. The minimum absolute atomic E-state index is 0.183. The molecule has 0 saturated carbocycles. The summed E-state index contributed by atoms with van der Waals surface area (Å²) in [5.74, 6) is -1.45. The molecular formula is C12H14N2O3. The van der Waals surface area contributed by atoms with Gasteiger partial charge in [0.1, 0.15) is 0 Å². The molecule has 1 aromatic carbocycles. The van der Waals surface area contributed by atoms with E-state index in [0.29, 0.717) is 24.5 Å². The number of carbonyl (C=O) groups is 1. The van der Waals surface area contributed by atoms with Crippen molar-refractivity contribution in [3.8, 4) is 0 Å². The summed E-state index contributed by atoms with van der Waals surface area (Å²) in [6, 6.07) is 5.34. The van der Waals surface area contributed by atoms with Crippen LogP contribution in [0.1, 0.15) is 12.0 Å². The number of hydrogen-bond donors (Lipinski definition) is 1. The molecule has 0 atom stereocenters. The maximum atomic E-state index is 12.3. The molecule has 0 bridgehead atoms. The van der Waals surface area contributed by atoms with Gasteiger partial charge in [-0.1, -0.05) is 0 Å². The Labute approximate surface area is 99.1 Å². The number of anilines is 2. The minimum atomic E-state index is -1.27. The van der Waals surface area contributed by atoms with Crippen molar-refractivity contribution in [2.75, 3.05) is 30.9 Å². The van der Waals surface area contributed by atoms with E-state index in [4.69, 9.17) is 15.2 Å². The van der Waals surface area contributed by atoms with Gasteiger partial charge in [-0.2, -0.15) is 0 Å². The maximum absolute atomic E-state index is 12.3. The number of amides is 1. The second kappa shape index (κ2) is 3.45. The van der Waals surface area contributed by atoms with Crippen molar-refractivity contribution >= 4 is 17.3 Å². The number of rotatable bonds is 0. The molecule has 0 aliphatic carbocycles. The molecule has 2 heterocycles. The van der Waals surface area contributed by atoms with Crippen molar-refractivity contribution < 1.29 is 14.3 Å². The van der Waals surface area contributed by atoms with Gasteiger partial charge in [-0.3, -0.25) is 4.79 Å². The van der Waals surface area contributed by atoms with E-state index >= 15 is 0 Å². The van der Waals surface area contributed by atoms with Crippen LogP contribution in [0.25, 0.3) is 0 Å². The lowest BCUT2D eigenvalue weighted by molar-refractivity contribution is -0.256. The van der Waals surface area contributed by atoms with Gasteiger partial charge in [0.05, 0.1) is 18.9 Å². The van der Waals surface area contributed by atoms with Crippen molar-refractivity contribution in [1.82, 2.24) is 0 Å². The first-order valence-electron chi connectivity index (χ1n) is 5.61. The molecule has 0 unspecified atom stereocenters.